The summed E-state index contributed by atoms with van der Waals surface area (Å²) in [4.78, 5) is 6.84. The van der Waals surface area contributed by atoms with E-state index in [2.05, 4.69) is 53.9 Å². The van der Waals surface area contributed by atoms with Crippen molar-refractivity contribution in [2.24, 2.45) is 0 Å². The highest BCUT2D eigenvalue weighted by Gasteiger charge is 2.20. The molecule has 1 aliphatic carbocycles. The fourth-order valence-corrected chi connectivity index (χ4v) is 2.53. The smallest absolute Gasteiger partial charge is 0.203 e. The molecule has 1 aliphatic rings. The zero-order valence-corrected chi connectivity index (χ0v) is 12.1. The number of hydrogen-bond donors (Lipinski definition) is 1. The largest absolute Gasteiger partial charge is 0.354 e. The van der Waals surface area contributed by atoms with Gasteiger partial charge in [-0.2, -0.15) is 0 Å². The standard InChI is InChI=1S/C14H26N4/c1-11-10-18(13-7-5-6-8-13)14(16-11)15-9-12(2)17(3)4/h10,12-13H,5-9H2,1-4H3,(H,15,16). The van der Waals surface area contributed by atoms with Gasteiger partial charge >= 0.3 is 0 Å². The molecule has 1 fully saturated rings. The summed E-state index contributed by atoms with van der Waals surface area (Å²) in [6.07, 6.45) is 7.50. The fraction of sp³-hybridized carbons (Fsp3) is 0.786. The van der Waals surface area contributed by atoms with Crippen LogP contribution < -0.4 is 5.32 Å². The average Bonchev–Trinajstić information content (AvgIpc) is 2.94. The van der Waals surface area contributed by atoms with Crippen molar-refractivity contribution in [3.63, 3.8) is 0 Å². The molecule has 0 aliphatic heterocycles. The van der Waals surface area contributed by atoms with Crippen LogP contribution in [0.4, 0.5) is 5.95 Å². The highest BCUT2D eigenvalue weighted by molar-refractivity contribution is 5.30. The molecule has 0 saturated heterocycles. The van der Waals surface area contributed by atoms with Gasteiger partial charge in [-0.05, 0) is 40.8 Å². The molecule has 1 aromatic rings. The highest BCUT2D eigenvalue weighted by Crippen LogP contribution is 2.32. The van der Waals surface area contributed by atoms with Crippen molar-refractivity contribution in [1.82, 2.24) is 14.5 Å². The average molecular weight is 250 g/mol. The zero-order chi connectivity index (χ0) is 13.1. The van der Waals surface area contributed by atoms with Crippen LogP contribution in [0.5, 0.6) is 0 Å². The molecule has 1 heterocycles. The minimum Gasteiger partial charge on any atom is -0.354 e. The maximum Gasteiger partial charge on any atom is 0.203 e. The predicted molar refractivity (Wildman–Crippen MR) is 76.1 cm³/mol. The van der Waals surface area contributed by atoms with Crippen LogP contribution in [0.3, 0.4) is 0 Å². The van der Waals surface area contributed by atoms with E-state index in [9.17, 15) is 0 Å². The molecule has 18 heavy (non-hydrogen) atoms. The van der Waals surface area contributed by atoms with Crippen molar-refractivity contribution in [2.75, 3.05) is 26.0 Å². The summed E-state index contributed by atoms with van der Waals surface area (Å²) in [5.74, 6) is 1.05. The van der Waals surface area contributed by atoms with E-state index in [0.717, 1.165) is 18.2 Å². The van der Waals surface area contributed by atoms with E-state index in [0.29, 0.717) is 12.1 Å². The Bertz CT molecular complexity index is 377. The van der Waals surface area contributed by atoms with Crippen molar-refractivity contribution in [2.45, 2.75) is 51.6 Å². The number of rotatable bonds is 5. The van der Waals surface area contributed by atoms with Crippen LogP contribution in [-0.2, 0) is 0 Å². The van der Waals surface area contributed by atoms with Gasteiger partial charge in [-0.25, -0.2) is 4.98 Å². The van der Waals surface area contributed by atoms with E-state index in [-0.39, 0.29) is 0 Å². The van der Waals surface area contributed by atoms with Crippen LogP contribution in [0, 0.1) is 6.92 Å². The molecular weight excluding hydrogens is 224 g/mol. The van der Waals surface area contributed by atoms with Crippen LogP contribution >= 0.6 is 0 Å². The summed E-state index contributed by atoms with van der Waals surface area (Å²) in [7, 11) is 4.22. The predicted octanol–water partition coefficient (Wildman–Crippen LogP) is 2.67. The Kier molecular flexibility index (Phi) is 4.27. The Morgan fingerprint density at radius 3 is 2.72 bits per heavy atom. The van der Waals surface area contributed by atoms with Gasteiger partial charge in [0.25, 0.3) is 0 Å². The van der Waals surface area contributed by atoms with Gasteiger partial charge in [0.1, 0.15) is 0 Å². The maximum atomic E-state index is 4.62. The van der Waals surface area contributed by atoms with E-state index >= 15 is 0 Å². The molecule has 1 unspecified atom stereocenters. The Hall–Kier alpha value is -1.03. The van der Waals surface area contributed by atoms with Crippen molar-refractivity contribution >= 4 is 5.95 Å². The second kappa shape index (κ2) is 5.74. The summed E-state index contributed by atoms with van der Waals surface area (Å²) in [5.41, 5.74) is 1.11. The molecule has 1 saturated carbocycles. The molecule has 1 aromatic heterocycles. The second-order valence-corrected chi connectivity index (χ2v) is 5.74. The van der Waals surface area contributed by atoms with Gasteiger partial charge in [0.05, 0.1) is 5.69 Å². The third-order valence-electron chi connectivity index (χ3n) is 4.01. The molecule has 0 amide bonds. The summed E-state index contributed by atoms with van der Waals surface area (Å²) in [6.45, 7) is 5.24. The lowest BCUT2D eigenvalue weighted by molar-refractivity contribution is 0.325. The normalized spacial score (nSPS) is 18.5. The Morgan fingerprint density at radius 1 is 1.44 bits per heavy atom. The molecule has 0 aromatic carbocycles. The Labute approximate surface area is 110 Å². The number of likely N-dealkylation sites (N-methyl/N-ethyl adjacent to an activating group) is 1. The maximum absolute atomic E-state index is 4.62. The molecule has 4 nitrogen and oxygen atoms in total. The van der Waals surface area contributed by atoms with Crippen LogP contribution in [0.1, 0.15) is 44.3 Å². The lowest BCUT2D eigenvalue weighted by Crippen LogP contribution is -2.32. The Balaban J connectivity index is 2.03. The van der Waals surface area contributed by atoms with Crippen LogP contribution in [0.15, 0.2) is 6.20 Å². The fourth-order valence-electron chi connectivity index (χ4n) is 2.53. The van der Waals surface area contributed by atoms with E-state index in [4.69, 9.17) is 0 Å². The van der Waals surface area contributed by atoms with Crippen LogP contribution in [-0.4, -0.2) is 41.1 Å². The minimum absolute atomic E-state index is 0.513. The van der Waals surface area contributed by atoms with Gasteiger partial charge in [-0.15, -0.1) is 0 Å². The molecule has 0 spiro atoms. The van der Waals surface area contributed by atoms with Crippen molar-refractivity contribution in [1.29, 1.82) is 0 Å². The minimum atomic E-state index is 0.513. The zero-order valence-electron chi connectivity index (χ0n) is 12.1. The van der Waals surface area contributed by atoms with Gasteiger partial charge < -0.3 is 14.8 Å². The molecule has 102 valence electrons. The molecular formula is C14H26N4. The number of imidazole rings is 1. The lowest BCUT2D eigenvalue weighted by Gasteiger charge is -2.21. The Morgan fingerprint density at radius 2 is 2.11 bits per heavy atom. The molecule has 4 heteroatoms. The summed E-state index contributed by atoms with van der Waals surface area (Å²) < 4.78 is 2.35. The molecule has 1 N–H and O–H groups in total. The summed E-state index contributed by atoms with van der Waals surface area (Å²) in [6, 6.07) is 1.17. The number of aryl methyl sites for hydroxylation is 1. The number of anilines is 1. The van der Waals surface area contributed by atoms with E-state index in [1.807, 2.05) is 0 Å². The molecule has 1 atom stereocenters. The van der Waals surface area contributed by atoms with Crippen molar-refractivity contribution in [3.8, 4) is 0 Å². The van der Waals surface area contributed by atoms with Gasteiger partial charge in [0.2, 0.25) is 5.95 Å². The molecule has 2 rings (SSSR count). The quantitative estimate of drug-likeness (QED) is 0.872. The van der Waals surface area contributed by atoms with Crippen molar-refractivity contribution < 1.29 is 0 Å². The first kappa shape index (κ1) is 13.4. The van der Waals surface area contributed by atoms with Crippen molar-refractivity contribution in [3.05, 3.63) is 11.9 Å². The second-order valence-electron chi connectivity index (χ2n) is 5.74. The van der Waals surface area contributed by atoms with Crippen LogP contribution in [0.2, 0.25) is 0 Å². The number of nitrogens with zero attached hydrogens (tertiary/aromatic N) is 3. The van der Waals surface area contributed by atoms with Gasteiger partial charge in [-0.1, -0.05) is 12.8 Å². The molecule has 0 bridgehead atoms. The monoisotopic (exact) mass is 250 g/mol. The topological polar surface area (TPSA) is 33.1 Å². The highest BCUT2D eigenvalue weighted by atomic mass is 15.2. The first-order chi connectivity index (χ1) is 8.58. The van der Waals surface area contributed by atoms with Crippen LogP contribution in [0.25, 0.3) is 0 Å². The number of aromatic nitrogens is 2. The first-order valence-corrected chi connectivity index (χ1v) is 7.03. The van der Waals surface area contributed by atoms with Gasteiger partial charge in [0, 0.05) is 24.8 Å². The van der Waals surface area contributed by atoms with Gasteiger partial charge in [-0.3, -0.25) is 0 Å². The first-order valence-electron chi connectivity index (χ1n) is 7.03. The molecule has 0 radical (unpaired) electrons. The van der Waals surface area contributed by atoms with E-state index in [1.54, 1.807) is 0 Å². The van der Waals surface area contributed by atoms with E-state index < -0.39 is 0 Å². The SMILES string of the molecule is Cc1cn(C2CCCC2)c(NCC(C)N(C)C)n1. The number of nitrogens with one attached hydrogen (secondary N) is 1. The van der Waals surface area contributed by atoms with Gasteiger partial charge in [0.15, 0.2) is 0 Å². The number of hydrogen-bond acceptors (Lipinski definition) is 3. The summed E-state index contributed by atoms with van der Waals surface area (Å²) in [5, 5.41) is 3.50. The third-order valence-corrected chi connectivity index (χ3v) is 4.01. The van der Waals surface area contributed by atoms with E-state index in [1.165, 1.54) is 25.7 Å². The lowest BCUT2D eigenvalue weighted by atomic mass is 10.2. The third kappa shape index (κ3) is 3.05. The summed E-state index contributed by atoms with van der Waals surface area (Å²) >= 11 is 0.